The molecule has 0 heterocycles. The number of hydrogen-bond acceptors (Lipinski definition) is 4. The molecule has 2 aromatic rings. The molecule has 0 aromatic heterocycles. The van der Waals surface area contributed by atoms with E-state index in [-0.39, 0.29) is 23.2 Å². The topological polar surface area (TPSA) is 98.3 Å². The van der Waals surface area contributed by atoms with Gasteiger partial charge in [0.05, 0.1) is 11.0 Å². The van der Waals surface area contributed by atoms with E-state index in [4.69, 9.17) is 5.73 Å². The number of nitro benzene ring substituents is 1. The summed E-state index contributed by atoms with van der Waals surface area (Å²) >= 11 is 0. The molecule has 6 heteroatoms. The van der Waals surface area contributed by atoms with Crippen LogP contribution in [0.2, 0.25) is 0 Å². The zero-order valence-electron chi connectivity index (χ0n) is 13.0. The number of carbonyl (C=O) groups excluding carboxylic acids is 1. The lowest BCUT2D eigenvalue weighted by atomic mass is 9.95. The lowest BCUT2D eigenvalue weighted by Crippen LogP contribution is -2.18. The molecular formula is C17H19N3O3. The second kappa shape index (κ2) is 6.91. The molecule has 2 rings (SSSR count). The smallest absolute Gasteiger partial charge is 0.293 e. The van der Waals surface area contributed by atoms with Crippen molar-refractivity contribution in [2.45, 2.75) is 19.9 Å². The first kappa shape index (κ1) is 16.5. The molecular weight excluding hydrogens is 294 g/mol. The van der Waals surface area contributed by atoms with E-state index in [1.807, 2.05) is 44.2 Å². The zero-order valence-corrected chi connectivity index (χ0v) is 13.0. The number of primary amides is 1. The van der Waals surface area contributed by atoms with Crippen LogP contribution in [-0.2, 0) is 0 Å². The molecule has 0 bridgehead atoms. The standard InChI is InChI=1S/C17H19N3O3/c1-11(2)16(12-6-4-3-5-7-12)19-14-9-8-13(17(18)21)10-15(14)20(22)23/h3-11,16,19H,1-2H3,(H2,18,21). The van der Waals surface area contributed by atoms with E-state index in [1.165, 1.54) is 18.2 Å². The van der Waals surface area contributed by atoms with Gasteiger partial charge >= 0.3 is 0 Å². The molecule has 6 nitrogen and oxygen atoms in total. The second-order valence-electron chi connectivity index (χ2n) is 5.63. The van der Waals surface area contributed by atoms with Gasteiger partial charge in [-0.2, -0.15) is 0 Å². The quantitative estimate of drug-likeness (QED) is 0.630. The van der Waals surface area contributed by atoms with E-state index in [0.29, 0.717) is 5.69 Å². The Bertz CT molecular complexity index is 714. The highest BCUT2D eigenvalue weighted by Gasteiger charge is 2.22. The van der Waals surface area contributed by atoms with Crippen molar-refractivity contribution in [1.82, 2.24) is 0 Å². The maximum Gasteiger partial charge on any atom is 0.293 e. The Balaban J connectivity index is 2.40. The highest BCUT2D eigenvalue weighted by atomic mass is 16.6. The van der Waals surface area contributed by atoms with Gasteiger partial charge in [-0.25, -0.2) is 0 Å². The molecule has 3 N–H and O–H groups in total. The van der Waals surface area contributed by atoms with Gasteiger partial charge in [0.1, 0.15) is 5.69 Å². The third-order valence-electron chi connectivity index (χ3n) is 3.62. The van der Waals surface area contributed by atoms with E-state index >= 15 is 0 Å². The van der Waals surface area contributed by atoms with Gasteiger partial charge in [0.25, 0.3) is 5.69 Å². The molecule has 0 aliphatic rings. The fraction of sp³-hybridized carbons (Fsp3) is 0.235. The van der Waals surface area contributed by atoms with Crippen LogP contribution in [0.5, 0.6) is 0 Å². The van der Waals surface area contributed by atoms with E-state index in [1.54, 1.807) is 0 Å². The number of nitrogens with two attached hydrogens (primary N) is 1. The minimum absolute atomic E-state index is 0.0886. The number of nitrogens with zero attached hydrogens (tertiary/aromatic N) is 1. The van der Waals surface area contributed by atoms with Gasteiger partial charge in [-0.15, -0.1) is 0 Å². The summed E-state index contributed by atoms with van der Waals surface area (Å²) in [4.78, 5) is 22.0. The number of nitrogens with one attached hydrogen (secondary N) is 1. The number of anilines is 1. The third-order valence-corrected chi connectivity index (χ3v) is 3.62. The molecule has 1 atom stereocenters. The van der Waals surface area contributed by atoms with E-state index in [9.17, 15) is 14.9 Å². The Labute approximate surface area is 134 Å². The van der Waals surface area contributed by atoms with Crippen molar-refractivity contribution in [3.8, 4) is 0 Å². The van der Waals surface area contributed by atoms with Crippen molar-refractivity contribution in [3.63, 3.8) is 0 Å². The second-order valence-corrected chi connectivity index (χ2v) is 5.63. The Morgan fingerprint density at radius 1 is 1.17 bits per heavy atom. The molecule has 0 radical (unpaired) electrons. The number of benzene rings is 2. The first-order chi connectivity index (χ1) is 10.9. The van der Waals surface area contributed by atoms with Crippen LogP contribution < -0.4 is 11.1 Å². The van der Waals surface area contributed by atoms with Crippen LogP contribution in [0.1, 0.15) is 35.8 Å². The summed E-state index contributed by atoms with van der Waals surface area (Å²) < 4.78 is 0. The van der Waals surface area contributed by atoms with Crippen molar-refractivity contribution in [1.29, 1.82) is 0 Å². The lowest BCUT2D eigenvalue weighted by molar-refractivity contribution is -0.384. The van der Waals surface area contributed by atoms with Crippen LogP contribution >= 0.6 is 0 Å². The van der Waals surface area contributed by atoms with E-state index < -0.39 is 10.8 Å². The first-order valence-electron chi connectivity index (χ1n) is 7.30. The number of nitro groups is 1. The molecule has 0 aliphatic carbocycles. The molecule has 23 heavy (non-hydrogen) atoms. The minimum Gasteiger partial charge on any atom is -0.372 e. The maximum absolute atomic E-state index is 11.3. The normalized spacial score (nSPS) is 12.0. The van der Waals surface area contributed by atoms with Gasteiger partial charge in [-0.1, -0.05) is 44.2 Å². The van der Waals surface area contributed by atoms with E-state index in [0.717, 1.165) is 5.56 Å². The summed E-state index contributed by atoms with van der Waals surface area (Å²) in [7, 11) is 0. The average molecular weight is 313 g/mol. The van der Waals surface area contributed by atoms with Crippen LogP contribution in [0.4, 0.5) is 11.4 Å². The predicted octanol–water partition coefficient (Wildman–Crippen LogP) is 3.50. The SMILES string of the molecule is CC(C)C(Nc1ccc(C(N)=O)cc1[N+](=O)[O-])c1ccccc1. The molecule has 0 saturated heterocycles. The Kier molecular flexibility index (Phi) is 4.95. The van der Waals surface area contributed by atoms with Gasteiger partial charge in [0.15, 0.2) is 0 Å². The van der Waals surface area contributed by atoms with Crippen molar-refractivity contribution >= 4 is 17.3 Å². The summed E-state index contributed by atoms with van der Waals surface area (Å²) in [5, 5.41) is 14.5. The fourth-order valence-corrected chi connectivity index (χ4v) is 2.42. The number of carbonyl (C=O) groups is 1. The monoisotopic (exact) mass is 313 g/mol. The highest BCUT2D eigenvalue weighted by molar-refractivity contribution is 5.94. The predicted molar refractivity (Wildman–Crippen MR) is 89.3 cm³/mol. The molecule has 0 spiro atoms. The van der Waals surface area contributed by atoms with Crippen molar-refractivity contribution in [2.75, 3.05) is 5.32 Å². The van der Waals surface area contributed by atoms with Crippen molar-refractivity contribution in [2.24, 2.45) is 11.7 Å². The number of rotatable bonds is 6. The van der Waals surface area contributed by atoms with E-state index in [2.05, 4.69) is 5.32 Å². The molecule has 1 unspecified atom stereocenters. The van der Waals surface area contributed by atoms with Crippen molar-refractivity contribution in [3.05, 3.63) is 69.8 Å². The van der Waals surface area contributed by atoms with Crippen LogP contribution in [-0.4, -0.2) is 10.8 Å². The Morgan fingerprint density at radius 2 is 1.83 bits per heavy atom. The summed E-state index contributed by atoms with van der Waals surface area (Å²) in [5.74, 6) is -0.476. The highest BCUT2D eigenvalue weighted by Crippen LogP contribution is 2.32. The van der Waals surface area contributed by atoms with Crippen LogP contribution in [0, 0.1) is 16.0 Å². The summed E-state index contributed by atoms with van der Waals surface area (Å²) in [6, 6.07) is 13.8. The molecule has 120 valence electrons. The van der Waals surface area contributed by atoms with Gasteiger partial charge in [0, 0.05) is 11.6 Å². The minimum atomic E-state index is -0.692. The summed E-state index contributed by atoms with van der Waals surface area (Å²) in [6.07, 6.45) is 0. The molecule has 1 amide bonds. The average Bonchev–Trinajstić information content (AvgIpc) is 2.52. The van der Waals surface area contributed by atoms with Gasteiger partial charge in [-0.05, 0) is 23.6 Å². The Morgan fingerprint density at radius 3 is 2.35 bits per heavy atom. The van der Waals surface area contributed by atoms with Crippen LogP contribution in [0.3, 0.4) is 0 Å². The first-order valence-corrected chi connectivity index (χ1v) is 7.30. The van der Waals surface area contributed by atoms with Crippen LogP contribution in [0.25, 0.3) is 0 Å². The number of amides is 1. The molecule has 0 fully saturated rings. The summed E-state index contributed by atoms with van der Waals surface area (Å²) in [6.45, 7) is 4.07. The Hall–Kier alpha value is -2.89. The third kappa shape index (κ3) is 3.85. The molecule has 0 aliphatic heterocycles. The maximum atomic E-state index is 11.3. The number of hydrogen-bond donors (Lipinski definition) is 2. The van der Waals surface area contributed by atoms with Crippen LogP contribution in [0.15, 0.2) is 48.5 Å². The largest absolute Gasteiger partial charge is 0.372 e. The van der Waals surface area contributed by atoms with Gasteiger partial charge < -0.3 is 11.1 Å². The van der Waals surface area contributed by atoms with Gasteiger partial charge in [-0.3, -0.25) is 14.9 Å². The molecule has 0 saturated carbocycles. The van der Waals surface area contributed by atoms with Crippen molar-refractivity contribution < 1.29 is 9.72 Å². The molecule has 2 aromatic carbocycles. The summed E-state index contributed by atoms with van der Waals surface area (Å²) in [5.41, 5.74) is 6.54. The lowest BCUT2D eigenvalue weighted by Gasteiger charge is -2.24. The van der Waals surface area contributed by atoms with Gasteiger partial charge in [0.2, 0.25) is 5.91 Å². The fourth-order valence-electron chi connectivity index (χ4n) is 2.42. The zero-order chi connectivity index (χ0) is 17.0.